The van der Waals surface area contributed by atoms with Crippen LogP contribution in [0.2, 0.25) is 0 Å². The van der Waals surface area contributed by atoms with Crippen LogP contribution in [0.1, 0.15) is 41.3 Å². The second-order valence-corrected chi connectivity index (χ2v) is 5.24. The van der Waals surface area contributed by atoms with E-state index in [4.69, 9.17) is 9.47 Å². The van der Waals surface area contributed by atoms with Crippen molar-refractivity contribution in [1.82, 2.24) is 0 Å². The van der Waals surface area contributed by atoms with Crippen molar-refractivity contribution in [2.45, 2.75) is 39.7 Å². The molecule has 0 aromatic heterocycles. The van der Waals surface area contributed by atoms with Gasteiger partial charge in [-0.3, -0.25) is 4.79 Å². The lowest BCUT2D eigenvalue weighted by Gasteiger charge is -2.19. The average molecular weight is 262 g/mol. The van der Waals surface area contributed by atoms with E-state index in [1.165, 1.54) is 0 Å². The highest BCUT2D eigenvalue weighted by Gasteiger charge is 2.35. The fourth-order valence-corrected chi connectivity index (χ4v) is 2.94. The van der Waals surface area contributed by atoms with Crippen molar-refractivity contribution in [3.63, 3.8) is 0 Å². The first-order valence-electron chi connectivity index (χ1n) is 6.89. The second-order valence-electron chi connectivity index (χ2n) is 5.24. The summed E-state index contributed by atoms with van der Waals surface area (Å²) in [4.78, 5) is 12.8. The highest BCUT2D eigenvalue weighted by atomic mass is 16.5. The van der Waals surface area contributed by atoms with Crippen LogP contribution in [0.5, 0.6) is 5.75 Å². The van der Waals surface area contributed by atoms with Crippen LogP contribution in [-0.2, 0) is 4.74 Å². The van der Waals surface area contributed by atoms with E-state index in [1.807, 2.05) is 26.0 Å². The van der Waals surface area contributed by atoms with E-state index in [9.17, 15) is 4.79 Å². The van der Waals surface area contributed by atoms with Gasteiger partial charge in [-0.2, -0.15) is 0 Å². The molecule has 104 valence electrons. The number of carbonyl (C=O) groups is 1. The number of ether oxygens (including phenoxy) is 2. The lowest BCUT2D eigenvalue weighted by molar-refractivity contribution is 0.0686. The molecule has 1 aromatic carbocycles. The predicted octanol–water partition coefficient (Wildman–Crippen LogP) is 3.31. The van der Waals surface area contributed by atoms with E-state index >= 15 is 0 Å². The standard InChI is InChI=1S/C16H22O3/c1-5-13-12(6-7-19-13)16(17)15-11(3)8-10(2)9-14(15)18-4/h8-9,12-13H,5-7H2,1-4H3. The molecule has 1 aliphatic rings. The van der Waals surface area contributed by atoms with Gasteiger partial charge in [-0.15, -0.1) is 0 Å². The van der Waals surface area contributed by atoms with Crippen LogP contribution in [0.25, 0.3) is 0 Å². The molecule has 0 saturated carbocycles. The Morgan fingerprint density at radius 3 is 2.79 bits per heavy atom. The van der Waals surface area contributed by atoms with Crippen molar-refractivity contribution in [2.24, 2.45) is 5.92 Å². The average Bonchev–Trinajstić information content (AvgIpc) is 2.85. The van der Waals surface area contributed by atoms with E-state index in [-0.39, 0.29) is 17.8 Å². The lowest BCUT2D eigenvalue weighted by Crippen LogP contribution is -2.25. The zero-order chi connectivity index (χ0) is 14.0. The highest BCUT2D eigenvalue weighted by molar-refractivity contribution is 6.02. The van der Waals surface area contributed by atoms with E-state index in [1.54, 1.807) is 7.11 Å². The molecule has 19 heavy (non-hydrogen) atoms. The van der Waals surface area contributed by atoms with Crippen LogP contribution in [0, 0.1) is 19.8 Å². The van der Waals surface area contributed by atoms with Gasteiger partial charge in [0, 0.05) is 6.61 Å². The van der Waals surface area contributed by atoms with Gasteiger partial charge in [-0.25, -0.2) is 0 Å². The SMILES string of the molecule is CCC1OCCC1C(=O)c1c(C)cc(C)cc1OC. The molecule has 1 aliphatic heterocycles. The van der Waals surface area contributed by atoms with E-state index in [0.717, 1.165) is 29.5 Å². The number of carbonyl (C=O) groups excluding carboxylic acids is 1. The van der Waals surface area contributed by atoms with Gasteiger partial charge in [0.25, 0.3) is 0 Å². The Bertz CT molecular complexity index is 479. The van der Waals surface area contributed by atoms with Crippen LogP contribution in [0.4, 0.5) is 0 Å². The van der Waals surface area contributed by atoms with Crippen molar-refractivity contribution in [2.75, 3.05) is 13.7 Å². The first-order valence-corrected chi connectivity index (χ1v) is 6.89. The highest BCUT2D eigenvalue weighted by Crippen LogP contribution is 2.32. The maximum Gasteiger partial charge on any atom is 0.172 e. The topological polar surface area (TPSA) is 35.5 Å². The maximum atomic E-state index is 12.8. The Labute approximate surface area is 114 Å². The molecule has 0 radical (unpaired) electrons. The molecule has 3 heteroatoms. The van der Waals surface area contributed by atoms with Gasteiger partial charge < -0.3 is 9.47 Å². The first-order chi connectivity index (χ1) is 9.08. The van der Waals surface area contributed by atoms with Gasteiger partial charge in [-0.1, -0.05) is 13.0 Å². The van der Waals surface area contributed by atoms with E-state index in [0.29, 0.717) is 12.4 Å². The van der Waals surface area contributed by atoms with Gasteiger partial charge >= 0.3 is 0 Å². The number of hydrogen-bond donors (Lipinski definition) is 0. The van der Waals surface area contributed by atoms with Crippen molar-refractivity contribution in [3.8, 4) is 5.75 Å². The van der Waals surface area contributed by atoms with Crippen molar-refractivity contribution in [1.29, 1.82) is 0 Å². The van der Waals surface area contributed by atoms with Gasteiger partial charge in [0.1, 0.15) is 5.75 Å². The summed E-state index contributed by atoms with van der Waals surface area (Å²) in [5.74, 6) is 0.822. The minimum Gasteiger partial charge on any atom is -0.496 e. The van der Waals surface area contributed by atoms with Crippen LogP contribution < -0.4 is 4.74 Å². The molecule has 3 nitrogen and oxygen atoms in total. The molecule has 1 saturated heterocycles. The summed E-state index contributed by atoms with van der Waals surface area (Å²) in [6, 6.07) is 3.96. The van der Waals surface area contributed by atoms with Crippen molar-refractivity contribution < 1.29 is 14.3 Å². The number of rotatable bonds is 4. The Hall–Kier alpha value is -1.35. The Balaban J connectivity index is 2.38. The summed E-state index contributed by atoms with van der Waals surface area (Å²) in [6.45, 7) is 6.73. The fraction of sp³-hybridized carbons (Fsp3) is 0.562. The number of hydrogen-bond acceptors (Lipinski definition) is 3. The molecule has 0 aliphatic carbocycles. The lowest BCUT2D eigenvalue weighted by atomic mass is 9.87. The zero-order valence-electron chi connectivity index (χ0n) is 12.2. The molecule has 1 heterocycles. The number of methoxy groups -OCH3 is 1. The van der Waals surface area contributed by atoms with Crippen LogP contribution in [-0.4, -0.2) is 25.6 Å². The van der Waals surface area contributed by atoms with E-state index < -0.39 is 0 Å². The Morgan fingerprint density at radius 1 is 1.42 bits per heavy atom. The molecule has 0 N–H and O–H groups in total. The molecule has 2 atom stereocenters. The smallest absolute Gasteiger partial charge is 0.172 e. The summed E-state index contributed by atoms with van der Waals surface area (Å²) >= 11 is 0. The normalized spacial score (nSPS) is 22.5. The van der Waals surface area contributed by atoms with Gasteiger partial charge in [0.2, 0.25) is 0 Å². The molecular formula is C16H22O3. The third kappa shape index (κ3) is 2.66. The van der Waals surface area contributed by atoms with Gasteiger partial charge in [0.15, 0.2) is 5.78 Å². The molecule has 0 spiro atoms. The van der Waals surface area contributed by atoms with Crippen molar-refractivity contribution in [3.05, 3.63) is 28.8 Å². The summed E-state index contributed by atoms with van der Waals surface area (Å²) < 4.78 is 11.0. The maximum absolute atomic E-state index is 12.8. The van der Waals surface area contributed by atoms with Crippen molar-refractivity contribution >= 4 is 5.78 Å². The molecule has 2 unspecified atom stereocenters. The summed E-state index contributed by atoms with van der Waals surface area (Å²) in [7, 11) is 1.62. The van der Waals surface area contributed by atoms with Gasteiger partial charge in [0.05, 0.1) is 24.7 Å². The number of aryl methyl sites for hydroxylation is 2. The molecule has 0 bridgehead atoms. The quantitative estimate of drug-likeness (QED) is 0.781. The molecule has 2 rings (SSSR count). The van der Waals surface area contributed by atoms with Crippen LogP contribution in [0.15, 0.2) is 12.1 Å². The third-order valence-corrected chi connectivity index (χ3v) is 3.86. The van der Waals surface area contributed by atoms with Gasteiger partial charge in [-0.05, 0) is 43.9 Å². The minimum absolute atomic E-state index is 0.0275. The molecule has 1 fully saturated rings. The summed E-state index contributed by atoms with van der Waals surface area (Å²) in [6.07, 6.45) is 1.75. The van der Waals surface area contributed by atoms with Crippen LogP contribution >= 0.6 is 0 Å². The number of benzene rings is 1. The second kappa shape index (κ2) is 5.74. The Morgan fingerprint density at radius 2 is 2.16 bits per heavy atom. The zero-order valence-corrected chi connectivity index (χ0v) is 12.2. The number of ketones is 1. The minimum atomic E-state index is -0.0275. The molecular weight excluding hydrogens is 240 g/mol. The predicted molar refractivity (Wildman–Crippen MR) is 74.9 cm³/mol. The summed E-state index contributed by atoms with van der Waals surface area (Å²) in [5, 5.41) is 0. The number of Topliss-reactive ketones (excluding diaryl/α,β-unsaturated/α-hetero) is 1. The largest absolute Gasteiger partial charge is 0.496 e. The van der Waals surface area contributed by atoms with Crippen LogP contribution in [0.3, 0.4) is 0 Å². The fourth-order valence-electron chi connectivity index (χ4n) is 2.94. The Kier molecular flexibility index (Phi) is 4.25. The first kappa shape index (κ1) is 14.1. The molecule has 1 aromatic rings. The van der Waals surface area contributed by atoms with E-state index in [2.05, 4.69) is 6.92 Å². The molecule has 0 amide bonds. The third-order valence-electron chi connectivity index (χ3n) is 3.86. The monoisotopic (exact) mass is 262 g/mol. The summed E-state index contributed by atoms with van der Waals surface area (Å²) in [5.41, 5.74) is 2.83.